The smallest absolute Gasteiger partial charge is 0.0387 e. The van der Waals surface area contributed by atoms with Gasteiger partial charge in [-0.1, -0.05) is 42.1 Å². The van der Waals surface area contributed by atoms with Crippen LogP contribution in [0.15, 0.2) is 0 Å². The van der Waals surface area contributed by atoms with Gasteiger partial charge in [0.15, 0.2) is 0 Å². The summed E-state index contributed by atoms with van der Waals surface area (Å²) >= 11 is 3.17. The van der Waals surface area contributed by atoms with Gasteiger partial charge in [-0.15, -0.1) is 0 Å². The Morgan fingerprint density at radius 3 is 2.57 bits per heavy atom. The molecule has 0 saturated heterocycles. The van der Waals surface area contributed by atoms with Crippen molar-refractivity contribution in [1.82, 2.24) is 0 Å². The highest BCUT2D eigenvalue weighted by molar-refractivity contribution is 9.09. The lowest BCUT2D eigenvalue weighted by molar-refractivity contribution is 0.708. The fourth-order valence-electron chi connectivity index (χ4n) is 0.471. The SMILES string of the molecule is [2H]C(Br)CCCCC. The van der Waals surface area contributed by atoms with E-state index >= 15 is 0 Å². The van der Waals surface area contributed by atoms with Crippen LogP contribution in [-0.2, 0) is 0 Å². The van der Waals surface area contributed by atoms with Gasteiger partial charge in [-0.2, -0.15) is 0 Å². The summed E-state index contributed by atoms with van der Waals surface area (Å²) in [6, 6.07) is 0. The minimum atomic E-state index is -0.0333. The third-order valence-electron chi connectivity index (χ3n) is 0.917. The molecule has 0 fully saturated rings. The number of rotatable bonds is 4. The summed E-state index contributed by atoms with van der Waals surface area (Å²) in [4.78, 5) is 0. The minimum absolute atomic E-state index is 0.0333. The summed E-state index contributed by atoms with van der Waals surface area (Å²) in [6.07, 6.45) is 4.70. The van der Waals surface area contributed by atoms with E-state index in [4.69, 9.17) is 1.37 Å². The van der Waals surface area contributed by atoms with Gasteiger partial charge in [-0.25, -0.2) is 0 Å². The van der Waals surface area contributed by atoms with Crippen molar-refractivity contribution in [3.63, 3.8) is 0 Å². The number of hydrogen-bond acceptors (Lipinski definition) is 0. The van der Waals surface area contributed by atoms with Crippen LogP contribution in [0.1, 0.15) is 34.0 Å². The maximum Gasteiger partial charge on any atom is 0.0387 e. The summed E-state index contributed by atoms with van der Waals surface area (Å²) in [6.45, 7) is 2.17. The molecule has 0 heterocycles. The lowest BCUT2D eigenvalue weighted by Crippen LogP contribution is -1.73. The molecule has 0 aromatic rings. The maximum atomic E-state index is 7.07. The Kier molecular flexibility index (Phi) is 5.20. The van der Waals surface area contributed by atoms with Gasteiger partial charge in [0.1, 0.15) is 0 Å². The van der Waals surface area contributed by atoms with Crippen molar-refractivity contribution >= 4 is 15.9 Å². The van der Waals surface area contributed by atoms with Crippen molar-refractivity contribution in [1.29, 1.82) is 0 Å². The third kappa shape index (κ3) is 6.48. The molecule has 44 valence electrons. The van der Waals surface area contributed by atoms with Gasteiger partial charge in [0.2, 0.25) is 0 Å². The molecule has 0 spiro atoms. The second-order valence-corrected chi connectivity index (χ2v) is 2.30. The minimum Gasteiger partial charge on any atom is -0.0928 e. The Hall–Kier alpha value is 0.480. The van der Waals surface area contributed by atoms with E-state index in [1.807, 2.05) is 0 Å². The van der Waals surface area contributed by atoms with Crippen LogP contribution >= 0.6 is 15.9 Å². The summed E-state index contributed by atoms with van der Waals surface area (Å²) < 4.78 is 7.07. The van der Waals surface area contributed by atoms with Crippen LogP contribution in [0.3, 0.4) is 0 Å². The van der Waals surface area contributed by atoms with Crippen LogP contribution in [0.2, 0.25) is 0 Å². The Morgan fingerprint density at radius 1 is 1.43 bits per heavy atom. The molecule has 0 aromatic heterocycles. The highest BCUT2D eigenvalue weighted by atomic mass is 79.9. The van der Waals surface area contributed by atoms with E-state index in [0.717, 1.165) is 6.42 Å². The highest BCUT2D eigenvalue weighted by Crippen LogP contribution is 1.99. The van der Waals surface area contributed by atoms with Gasteiger partial charge in [0, 0.05) is 6.68 Å². The zero-order valence-corrected chi connectivity index (χ0v) is 6.37. The molecule has 7 heavy (non-hydrogen) atoms. The van der Waals surface area contributed by atoms with E-state index in [0.29, 0.717) is 0 Å². The standard InChI is InChI=1S/C6H13Br/c1-2-3-4-5-6-7/h2-6H2,1H3/i6D. The van der Waals surface area contributed by atoms with Crippen molar-refractivity contribution in [2.45, 2.75) is 32.6 Å². The molecular weight excluding hydrogens is 152 g/mol. The van der Waals surface area contributed by atoms with E-state index in [-0.39, 0.29) is 5.31 Å². The molecule has 0 N–H and O–H groups in total. The molecule has 1 heteroatoms. The van der Waals surface area contributed by atoms with Crippen molar-refractivity contribution in [3.8, 4) is 0 Å². The zero-order chi connectivity index (χ0) is 6.41. The maximum absolute atomic E-state index is 7.07. The first kappa shape index (κ1) is 5.61. The van der Waals surface area contributed by atoms with Gasteiger partial charge < -0.3 is 0 Å². The average Bonchev–Trinajstić information content (AvgIpc) is 1.66. The second-order valence-electron chi connectivity index (χ2n) is 1.65. The topological polar surface area (TPSA) is 0 Å². The Bertz CT molecular complexity index is 45.8. The monoisotopic (exact) mass is 165 g/mol. The van der Waals surface area contributed by atoms with Crippen LogP contribution in [-0.4, -0.2) is 5.31 Å². The average molecular weight is 166 g/mol. The lowest BCUT2D eigenvalue weighted by Gasteiger charge is -1.89. The highest BCUT2D eigenvalue weighted by Gasteiger charge is 1.81. The van der Waals surface area contributed by atoms with Gasteiger partial charge in [0.25, 0.3) is 0 Å². The molecule has 0 amide bonds. The summed E-state index contributed by atoms with van der Waals surface area (Å²) in [7, 11) is 0. The van der Waals surface area contributed by atoms with Gasteiger partial charge in [-0.05, 0) is 6.42 Å². The molecule has 0 aliphatic rings. The van der Waals surface area contributed by atoms with Crippen molar-refractivity contribution in [2.24, 2.45) is 0 Å². The number of hydrogen-bond donors (Lipinski definition) is 0. The Labute approximate surface area is 55.8 Å². The first-order valence-electron chi connectivity index (χ1n) is 3.41. The molecule has 0 saturated carbocycles. The Balaban J connectivity index is 2.72. The first-order chi connectivity index (χ1) is 3.77. The predicted molar refractivity (Wildman–Crippen MR) is 37.9 cm³/mol. The molecule has 0 bridgehead atoms. The van der Waals surface area contributed by atoms with E-state index in [2.05, 4.69) is 22.9 Å². The predicted octanol–water partition coefficient (Wildman–Crippen LogP) is 2.96. The lowest BCUT2D eigenvalue weighted by atomic mass is 10.2. The van der Waals surface area contributed by atoms with Crippen LogP contribution in [0.5, 0.6) is 0 Å². The molecule has 0 aliphatic heterocycles. The van der Waals surface area contributed by atoms with Crippen molar-refractivity contribution in [2.75, 3.05) is 5.31 Å². The van der Waals surface area contributed by atoms with E-state index < -0.39 is 0 Å². The molecule has 1 atom stereocenters. The van der Waals surface area contributed by atoms with Crippen molar-refractivity contribution in [3.05, 3.63) is 0 Å². The Morgan fingerprint density at radius 2 is 2.14 bits per heavy atom. The number of halogens is 1. The normalized spacial score (nSPS) is 16.0. The second kappa shape index (κ2) is 6.48. The molecule has 0 radical (unpaired) electrons. The fraction of sp³-hybridized carbons (Fsp3) is 1.00. The molecule has 1 unspecified atom stereocenters. The van der Waals surface area contributed by atoms with Crippen LogP contribution in [0.4, 0.5) is 0 Å². The quantitative estimate of drug-likeness (QED) is 0.444. The molecule has 0 nitrogen and oxygen atoms in total. The van der Waals surface area contributed by atoms with Crippen LogP contribution in [0, 0.1) is 0 Å². The molecule has 0 aliphatic carbocycles. The van der Waals surface area contributed by atoms with Crippen LogP contribution < -0.4 is 0 Å². The first-order valence-corrected chi connectivity index (χ1v) is 3.75. The summed E-state index contributed by atoms with van der Waals surface area (Å²) in [5, 5.41) is -0.0333. The van der Waals surface area contributed by atoms with Gasteiger partial charge in [-0.3, -0.25) is 0 Å². The van der Waals surface area contributed by atoms with Crippen LogP contribution in [0.25, 0.3) is 0 Å². The van der Waals surface area contributed by atoms with Gasteiger partial charge in [0.05, 0.1) is 0 Å². The fourth-order valence-corrected chi connectivity index (χ4v) is 0.795. The number of alkyl halides is 1. The molecule has 0 aromatic carbocycles. The summed E-state index contributed by atoms with van der Waals surface area (Å²) in [5.74, 6) is 0. The van der Waals surface area contributed by atoms with E-state index in [9.17, 15) is 0 Å². The molecule has 0 rings (SSSR count). The molecular formula is C6H13Br. The van der Waals surface area contributed by atoms with Gasteiger partial charge >= 0.3 is 0 Å². The zero-order valence-electron chi connectivity index (χ0n) is 5.78. The van der Waals surface area contributed by atoms with E-state index in [1.165, 1.54) is 19.3 Å². The largest absolute Gasteiger partial charge is 0.0928 e. The third-order valence-corrected chi connectivity index (χ3v) is 1.37. The number of unbranched alkanes of at least 4 members (excludes halogenated alkanes) is 2. The van der Waals surface area contributed by atoms with Crippen molar-refractivity contribution < 1.29 is 1.37 Å². The van der Waals surface area contributed by atoms with E-state index in [1.54, 1.807) is 0 Å². The summed E-state index contributed by atoms with van der Waals surface area (Å²) in [5.41, 5.74) is 0.